The first kappa shape index (κ1) is 11.9. The van der Waals surface area contributed by atoms with E-state index in [0.29, 0.717) is 5.69 Å². The fourth-order valence-electron chi connectivity index (χ4n) is 1.31. The van der Waals surface area contributed by atoms with Gasteiger partial charge in [0.15, 0.2) is 0 Å². The SMILES string of the molecule is NC(=S)c1cc(F)c(Nc2ccsc2)c(F)c1. The van der Waals surface area contributed by atoms with Crippen LogP contribution in [0.25, 0.3) is 0 Å². The van der Waals surface area contributed by atoms with Crippen LogP contribution in [-0.4, -0.2) is 4.99 Å². The van der Waals surface area contributed by atoms with Crippen LogP contribution in [0.5, 0.6) is 0 Å². The van der Waals surface area contributed by atoms with Gasteiger partial charge in [-0.15, -0.1) is 0 Å². The van der Waals surface area contributed by atoms with Crippen molar-refractivity contribution in [1.29, 1.82) is 0 Å². The Morgan fingerprint density at radius 1 is 1.29 bits per heavy atom. The van der Waals surface area contributed by atoms with E-state index >= 15 is 0 Å². The molecule has 1 aromatic heterocycles. The van der Waals surface area contributed by atoms with Crippen LogP contribution in [0, 0.1) is 11.6 Å². The van der Waals surface area contributed by atoms with Crippen LogP contribution in [0.1, 0.15) is 5.56 Å². The maximum Gasteiger partial charge on any atom is 0.150 e. The van der Waals surface area contributed by atoms with Crippen molar-refractivity contribution < 1.29 is 8.78 Å². The number of nitrogens with two attached hydrogens (primary N) is 1. The Morgan fingerprint density at radius 2 is 1.94 bits per heavy atom. The quantitative estimate of drug-likeness (QED) is 0.839. The minimum Gasteiger partial charge on any atom is -0.389 e. The van der Waals surface area contributed by atoms with Gasteiger partial charge in [-0.05, 0) is 23.6 Å². The number of thiophene rings is 1. The molecule has 0 unspecified atom stereocenters. The summed E-state index contributed by atoms with van der Waals surface area (Å²) in [4.78, 5) is -0.0371. The predicted octanol–water partition coefficient (Wildman–Crippen LogP) is 3.40. The maximum absolute atomic E-state index is 13.6. The summed E-state index contributed by atoms with van der Waals surface area (Å²) in [6, 6.07) is 3.95. The Kier molecular flexibility index (Phi) is 3.35. The largest absolute Gasteiger partial charge is 0.389 e. The van der Waals surface area contributed by atoms with Crippen molar-refractivity contribution in [3.05, 3.63) is 46.2 Å². The lowest BCUT2D eigenvalue weighted by Crippen LogP contribution is -2.11. The van der Waals surface area contributed by atoms with E-state index in [1.165, 1.54) is 11.3 Å². The van der Waals surface area contributed by atoms with Crippen molar-refractivity contribution in [2.75, 3.05) is 5.32 Å². The van der Waals surface area contributed by atoms with E-state index in [-0.39, 0.29) is 16.2 Å². The van der Waals surface area contributed by atoms with Crippen molar-refractivity contribution in [3.63, 3.8) is 0 Å². The molecule has 0 bridgehead atoms. The summed E-state index contributed by atoms with van der Waals surface area (Å²) in [5.74, 6) is -1.45. The number of rotatable bonds is 3. The first-order valence-corrected chi connectivity index (χ1v) is 6.01. The van der Waals surface area contributed by atoms with E-state index in [1.54, 1.807) is 11.4 Å². The van der Waals surface area contributed by atoms with Gasteiger partial charge in [-0.2, -0.15) is 11.3 Å². The summed E-state index contributed by atoms with van der Waals surface area (Å²) in [6.07, 6.45) is 0. The third-order valence-electron chi connectivity index (χ3n) is 2.12. The van der Waals surface area contributed by atoms with Crippen LogP contribution in [0.4, 0.5) is 20.2 Å². The van der Waals surface area contributed by atoms with Gasteiger partial charge in [0.1, 0.15) is 22.3 Å². The number of hydrogen-bond acceptors (Lipinski definition) is 3. The average molecular weight is 270 g/mol. The monoisotopic (exact) mass is 270 g/mol. The summed E-state index contributed by atoms with van der Waals surface area (Å²) in [6.45, 7) is 0. The molecule has 2 aromatic rings. The van der Waals surface area contributed by atoms with E-state index in [2.05, 4.69) is 17.5 Å². The lowest BCUT2D eigenvalue weighted by atomic mass is 10.2. The van der Waals surface area contributed by atoms with Gasteiger partial charge in [-0.1, -0.05) is 12.2 Å². The highest BCUT2D eigenvalue weighted by atomic mass is 32.1. The molecule has 0 atom stereocenters. The zero-order valence-corrected chi connectivity index (χ0v) is 10.2. The number of nitrogens with one attached hydrogen (secondary N) is 1. The summed E-state index contributed by atoms with van der Waals surface area (Å²) in [5, 5.41) is 6.22. The van der Waals surface area contributed by atoms with Gasteiger partial charge in [-0.25, -0.2) is 8.78 Å². The van der Waals surface area contributed by atoms with Gasteiger partial charge in [0.25, 0.3) is 0 Å². The highest BCUT2D eigenvalue weighted by molar-refractivity contribution is 7.80. The first-order valence-electron chi connectivity index (χ1n) is 4.66. The molecule has 6 heteroatoms. The van der Waals surface area contributed by atoms with E-state index in [0.717, 1.165) is 12.1 Å². The smallest absolute Gasteiger partial charge is 0.150 e. The standard InChI is InChI=1S/C11H8F2N2S2/c12-8-3-6(11(14)16)4-9(13)10(8)15-7-1-2-17-5-7/h1-5,15H,(H2,14,16). The fraction of sp³-hybridized carbons (Fsp3) is 0. The number of benzene rings is 1. The molecule has 2 rings (SSSR count). The fourth-order valence-corrected chi connectivity index (χ4v) is 2.02. The van der Waals surface area contributed by atoms with Gasteiger partial charge in [0, 0.05) is 16.6 Å². The molecule has 0 amide bonds. The molecule has 0 saturated heterocycles. The molecular weight excluding hydrogens is 262 g/mol. The van der Waals surface area contributed by atoms with Gasteiger partial charge >= 0.3 is 0 Å². The average Bonchev–Trinajstić information content (AvgIpc) is 2.75. The van der Waals surface area contributed by atoms with E-state index in [9.17, 15) is 8.78 Å². The number of anilines is 2. The summed E-state index contributed by atoms with van der Waals surface area (Å²) < 4.78 is 27.3. The van der Waals surface area contributed by atoms with E-state index in [4.69, 9.17) is 5.73 Å². The third kappa shape index (κ3) is 2.59. The second-order valence-electron chi connectivity index (χ2n) is 3.32. The molecule has 3 N–H and O–H groups in total. The van der Waals surface area contributed by atoms with Gasteiger partial charge in [0.05, 0.1) is 0 Å². The van der Waals surface area contributed by atoms with Crippen LogP contribution in [0.2, 0.25) is 0 Å². The molecule has 0 aliphatic heterocycles. The predicted molar refractivity (Wildman–Crippen MR) is 69.8 cm³/mol. The second kappa shape index (κ2) is 4.77. The van der Waals surface area contributed by atoms with Gasteiger partial charge < -0.3 is 11.1 Å². The Hall–Kier alpha value is -1.53. The van der Waals surface area contributed by atoms with Crippen LogP contribution < -0.4 is 11.1 Å². The van der Waals surface area contributed by atoms with Gasteiger partial charge in [-0.3, -0.25) is 0 Å². The van der Waals surface area contributed by atoms with Crippen LogP contribution in [0.3, 0.4) is 0 Å². The molecule has 0 saturated carbocycles. The van der Waals surface area contributed by atoms with Crippen molar-refractivity contribution in [2.45, 2.75) is 0 Å². The summed E-state index contributed by atoms with van der Waals surface area (Å²) in [5.41, 5.74) is 5.92. The van der Waals surface area contributed by atoms with Crippen molar-refractivity contribution in [3.8, 4) is 0 Å². The Balaban J connectivity index is 2.38. The van der Waals surface area contributed by atoms with Crippen LogP contribution in [0.15, 0.2) is 29.0 Å². The van der Waals surface area contributed by atoms with Crippen molar-refractivity contribution in [2.24, 2.45) is 5.73 Å². The minimum absolute atomic E-state index is 0.0371. The molecular formula is C11H8F2N2S2. The van der Waals surface area contributed by atoms with E-state index < -0.39 is 11.6 Å². The highest BCUT2D eigenvalue weighted by Crippen LogP contribution is 2.25. The minimum atomic E-state index is -0.723. The first-order chi connectivity index (χ1) is 8.08. The second-order valence-corrected chi connectivity index (χ2v) is 4.54. The lowest BCUT2D eigenvalue weighted by molar-refractivity contribution is 0.590. The Labute approximate surface area is 106 Å². The molecule has 17 heavy (non-hydrogen) atoms. The Bertz CT molecular complexity index is 530. The molecule has 1 heterocycles. The Morgan fingerprint density at radius 3 is 2.41 bits per heavy atom. The summed E-state index contributed by atoms with van der Waals surface area (Å²) >= 11 is 6.10. The molecule has 0 aliphatic carbocycles. The zero-order valence-electron chi connectivity index (χ0n) is 8.54. The molecule has 88 valence electrons. The van der Waals surface area contributed by atoms with Crippen LogP contribution >= 0.6 is 23.6 Å². The van der Waals surface area contributed by atoms with Gasteiger partial charge in [0.2, 0.25) is 0 Å². The van der Waals surface area contributed by atoms with Crippen molar-refractivity contribution in [1.82, 2.24) is 0 Å². The maximum atomic E-state index is 13.6. The normalized spacial score (nSPS) is 10.2. The highest BCUT2D eigenvalue weighted by Gasteiger charge is 2.12. The number of halogens is 2. The van der Waals surface area contributed by atoms with Crippen LogP contribution in [-0.2, 0) is 0 Å². The molecule has 0 fully saturated rings. The molecule has 1 aromatic carbocycles. The topological polar surface area (TPSA) is 38.0 Å². The zero-order chi connectivity index (χ0) is 12.4. The molecule has 0 radical (unpaired) electrons. The third-order valence-corrected chi connectivity index (χ3v) is 3.04. The molecule has 0 spiro atoms. The number of thiocarbonyl (C=S) groups is 1. The number of hydrogen-bond donors (Lipinski definition) is 2. The molecule has 2 nitrogen and oxygen atoms in total. The lowest BCUT2D eigenvalue weighted by Gasteiger charge is -2.08. The molecule has 0 aliphatic rings. The summed E-state index contributed by atoms with van der Waals surface area (Å²) in [7, 11) is 0. The van der Waals surface area contributed by atoms with E-state index in [1.807, 2.05) is 5.38 Å². The van der Waals surface area contributed by atoms with Crippen molar-refractivity contribution >= 4 is 39.9 Å².